The van der Waals surface area contributed by atoms with Gasteiger partial charge in [0.1, 0.15) is 0 Å². The van der Waals surface area contributed by atoms with Gasteiger partial charge in [-0.05, 0) is 11.8 Å². The first-order valence-corrected chi connectivity index (χ1v) is 12.7. The Hall–Kier alpha value is -1.35. The molecule has 24 heavy (non-hydrogen) atoms. The van der Waals surface area contributed by atoms with Crippen LogP contribution < -0.4 is 16.6 Å². The summed E-state index contributed by atoms with van der Waals surface area (Å²) in [5.74, 6) is 0.620. The minimum absolute atomic E-state index is 0.383. The van der Waals surface area contributed by atoms with Crippen LogP contribution in [0.15, 0.2) is 15.8 Å². The van der Waals surface area contributed by atoms with Crippen LogP contribution in [0.3, 0.4) is 0 Å². The second-order valence-electron chi connectivity index (χ2n) is 6.47. The molecule has 2 N–H and O–H groups in total. The molecule has 1 heterocycles. The molecule has 0 aromatic carbocycles. The summed E-state index contributed by atoms with van der Waals surface area (Å²) in [7, 11) is -1.11. The number of H-pyrrole nitrogens is 1. The van der Waals surface area contributed by atoms with Crippen LogP contribution in [0.2, 0.25) is 25.2 Å². The van der Waals surface area contributed by atoms with Crippen molar-refractivity contribution in [2.75, 3.05) is 18.1 Å². The number of halogens is 1. The van der Waals surface area contributed by atoms with E-state index in [1.165, 1.54) is 24.9 Å². The molecule has 9 heteroatoms. The number of rotatable bonds is 9. The third-order valence-electron chi connectivity index (χ3n) is 3.77. The highest BCUT2D eigenvalue weighted by Crippen LogP contribution is 2.20. The zero-order chi connectivity index (χ0) is 18.2. The zero-order valence-corrected chi connectivity index (χ0v) is 16.3. The molecular weight excluding hydrogens is 349 g/mol. The number of amides is 1. The summed E-state index contributed by atoms with van der Waals surface area (Å²) in [4.78, 5) is 35.9. The summed E-state index contributed by atoms with van der Waals surface area (Å²) >= 11 is 1.76. The quantitative estimate of drug-likeness (QED) is 0.513. The van der Waals surface area contributed by atoms with Crippen molar-refractivity contribution in [2.24, 2.45) is 0 Å². The molecule has 0 spiro atoms. The molecule has 0 aliphatic rings. The number of nitrogens with zero attached hydrogens (tertiary/aromatic N) is 1. The molecule has 136 valence electrons. The number of hydrogen-bond donors (Lipinski definition) is 2. The Kier molecular flexibility index (Phi) is 8.47. The van der Waals surface area contributed by atoms with Gasteiger partial charge in [-0.2, -0.15) is 16.2 Å². The molecule has 0 aliphatic carbocycles. The van der Waals surface area contributed by atoms with Crippen molar-refractivity contribution in [3.63, 3.8) is 0 Å². The van der Waals surface area contributed by atoms with E-state index in [0.717, 1.165) is 11.5 Å². The number of carbonyl (C=O) groups excluding carboxylic acids is 1. The molecule has 0 bridgehead atoms. The van der Waals surface area contributed by atoms with Crippen molar-refractivity contribution >= 4 is 25.9 Å². The Bertz CT molecular complexity index is 660. The van der Waals surface area contributed by atoms with Gasteiger partial charge in [0.25, 0.3) is 5.56 Å². The van der Waals surface area contributed by atoms with E-state index < -0.39 is 31.2 Å². The van der Waals surface area contributed by atoms with Gasteiger partial charge in [0.2, 0.25) is 5.82 Å². The third kappa shape index (κ3) is 7.04. The van der Waals surface area contributed by atoms with Crippen LogP contribution in [0.25, 0.3) is 0 Å². The lowest BCUT2D eigenvalue weighted by Gasteiger charge is -2.21. The zero-order valence-electron chi connectivity index (χ0n) is 14.5. The second kappa shape index (κ2) is 9.82. The lowest BCUT2D eigenvalue weighted by atomic mass is 10.4. The first-order chi connectivity index (χ1) is 11.3. The minimum Gasteiger partial charge on any atom is -0.336 e. The maximum Gasteiger partial charge on any atom is 0.336 e. The van der Waals surface area contributed by atoms with Crippen LogP contribution in [-0.4, -0.2) is 41.7 Å². The Labute approximate surface area is 146 Å². The maximum atomic E-state index is 13.1. The van der Waals surface area contributed by atoms with Gasteiger partial charge in [-0.15, -0.1) is 0 Å². The highest BCUT2D eigenvalue weighted by molar-refractivity contribution is 7.99. The fraction of sp³-hybridized carbons (Fsp3) is 0.667. The van der Waals surface area contributed by atoms with Crippen molar-refractivity contribution in [1.82, 2.24) is 14.9 Å². The van der Waals surface area contributed by atoms with Crippen LogP contribution in [0.4, 0.5) is 9.18 Å². The van der Waals surface area contributed by atoms with Gasteiger partial charge >= 0.3 is 11.7 Å². The van der Waals surface area contributed by atoms with Gasteiger partial charge in [-0.25, -0.2) is 14.2 Å². The van der Waals surface area contributed by atoms with E-state index in [0.29, 0.717) is 17.3 Å². The van der Waals surface area contributed by atoms with E-state index in [2.05, 4.69) is 25.3 Å². The first kappa shape index (κ1) is 20.7. The topological polar surface area (TPSA) is 84.0 Å². The molecule has 0 atom stereocenters. The van der Waals surface area contributed by atoms with E-state index in [4.69, 9.17) is 0 Å². The van der Waals surface area contributed by atoms with Gasteiger partial charge < -0.3 is 5.32 Å². The molecule has 6 nitrogen and oxygen atoms in total. The maximum absolute atomic E-state index is 13.1. The van der Waals surface area contributed by atoms with Crippen LogP contribution in [-0.2, 0) is 0 Å². The molecular formula is C15H26FN3O3SSi. The summed E-state index contributed by atoms with van der Waals surface area (Å²) in [5, 5.41) is 2.54. The second-order valence-corrected chi connectivity index (χ2v) is 13.0. The van der Waals surface area contributed by atoms with Crippen LogP contribution in [0, 0.1) is 5.82 Å². The molecule has 1 amide bonds. The highest BCUT2D eigenvalue weighted by Gasteiger charge is 2.19. The summed E-state index contributed by atoms with van der Waals surface area (Å²) in [6, 6.07) is 1.85. The number of carbonyl (C=O) groups is 1. The van der Waals surface area contributed by atoms with E-state index in [-0.39, 0.29) is 0 Å². The number of thioether (sulfide) groups is 1. The standard InChI is InChI=1S/C15H26FN3O3SSi/c1-4-5-9-24(2,3)10-8-23-7-6-17-14(21)19-11-12(16)13(20)18-15(19)22/h11H,4-10H2,1-3H3,(H,17,21)(H,18,20,22). The van der Waals surface area contributed by atoms with Gasteiger partial charge in [-0.1, -0.05) is 38.9 Å². The largest absolute Gasteiger partial charge is 0.336 e. The van der Waals surface area contributed by atoms with Crippen molar-refractivity contribution in [3.8, 4) is 0 Å². The van der Waals surface area contributed by atoms with Crippen molar-refractivity contribution < 1.29 is 9.18 Å². The van der Waals surface area contributed by atoms with Gasteiger partial charge in [-0.3, -0.25) is 9.78 Å². The normalized spacial score (nSPS) is 11.5. The molecule has 0 saturated carbocycles. The van der Waals surface area contributed by atoms with Crippen molar-refractivity contribution in [2.45, 2.75) is 44.9 Å². The molecule has 1 aromatic heterocycles. The fourth-order valence-electron chi connectivity index (χ4n) is 2.14. The van der Waals surface area contributed by atoms with Crippen LogP contribution in [0.1, 0.15) is 19.8 Å². The first-order valence-electron chi connectivity index (χ1n) is 8.14. The number of aromatic amines is 1. The monoisotopic (exact) mass is 375 g/mol. The smallest absolute Gasteiger partial charge is 0.336 e. The molecule has 1 rings (SSSR count). The Morgan fingerprint density at radius 1 is 1.33 bits per heavy atom. The summed E-state index contributed by atoms with van der Waals surface area (Å²) < 4.78 is 13.7. The summed E-state index contributed by atoms with van der Waals surface area (Å²) in [6.07, 6.45) is 3.14. The molecule has 0 unspecified atom stereocenters. The van der Waals surface area contributed by atoms with Crippen LogP contribution in [0.5, 0.6) is 0 Å². The third-order valence-corrected chi connectivity index (χ3v) is 8.43. The number of hydrogen-bond acceptors (Lipinski definition) is 4. The Morgan fingerprint density at radius 3 is 2.71 bits per heavy atom. The molecule has 0 fully saturated rings. The Morgan fingerprint density at radius 2 is 2.04 bits per heavy atom. The van der Waals surface area contributed by atoms with E-state index in [1.54, 1.807) is 16.7 Å². The number of unbranched alkanes of at least 4 members (excludes halogenated alkanes) is 1. The lowest BCUT2D eigenvalue weighted by Crippen LogP contribution is -2.41. The molecule has 0 radical (unpaired) electrons. The SMILES string of the molecule is CCCC[Si](C)(C)CCSCCNC(=O)n1cc(F)c(=O)[nH]c1=O. The van der Waals surface area contributed by atoms with Crippen LogP contribution >= 0.6 is 11.8 Å². The van der Waals surface area contributed by atoms with Gasteiger partial charge in [0.05, 0.1) is 6.20 Å². The molecule has 0 saturated heterocycles. The number of aromatic nitrogens is 2. The lowest BCUT2D eigenvalue weighted by molar-refractivity contribution is 0.241. The fourth-order valence-corrected chi connectivity index (χ4v) is 6.94. The number of nitrogens with one attached hydrogen (secondary N) is 2. The van der Waals surface area contributed by atoms with Gasteiger partial charge in [0, 0.05) is 20.4 Å². The molecule has 0 aliphatic heterocycles. The average molecular weight is 376 g/mol. The van der Waals surface area contributed by atoms with Crippen molar-refractivity contribution in [3.05, 3.63) is 32.9 Å². The van der Waals surface area contributed by atoms with Crippen molar-refractivity contribution in [1.29, 1.82) is 0 Å². The van der Waals surface area contributed by atoms with Gasteiger partial charge in [0.15, 0.2) is 0 Å². The predicted molar refractivity (Wildman–Crippen MR) is 99.4 cm³/mol. The highest BCUT2D eigenvalue weighted by atomic mass is 32.2. The minimum atomic E-state index is -1.17. The summed E-state index contributed by atoms with van der Waals surface area (Å²) in [6.45, 7) is 7.40. The Balaban J connectivity index is 2.31. The van der Waals surface area contributed by atoms with E-state index in [9.17, 15) is 18.8 Å². The van der Waals surface area contributed by atoms with E-state index >= 15 is 0 Å². The predicted octanol–water partition coefficient (Wildman–Crippen LogP) is 2.48. The summed E-state index contributed by atoms with van der Waals surface area (Å²) in [5.41, 5.74) is -2.08. The average Bonchev–Trinajstić information content (AvgIpc) is 2.52. The molecule has 1 aromatic rings. The van der Waals surface area contributed by atoms with E-state index in [1.807, 2.05) is 0 Å².